The van der Waals surface area contributed by atoms with Gasteiger partial charge in [0.1, 0.15) is 5.82 Å². The molecule has 0 bridgehead atoms. The third kappa shape index (κ3) is 4.50. The van der Waals surface area contributed by atoms with Gasteiger partial charge in [0, 0.05) is 24.7 Å². The molecule has 0 saturated carbocycles. The number of nitrogens with one attached hydrogen (secondary N) is 2. The first-order valence-electron chi connectivity index (χ1n) is 10.2. The SMILES string of the molecule is CCC(CC)CNC(=O)NC1N=C(c2ccccc2F)c2ccccc2N(C)C1=O. The molecule has 1 aliphatic rings. The molecule has 1 unspecified atom stereocenters. The predicted octanol–water partition coefficient (Wildman–Crippen LogP) is 3.70. The molecular formula is C23H27FN4O2. The van der Waals surface area contributed by atoms with Gasteiger partial charge in [-0.3, -0.25) is 4.79 Å². The second kappa shape index (κ2) is 9.52. The minimum atomic E-state index is -1.17. The van der Waals surface area contributed by atoms with Crippen molar-refractivity contribution in [2.24, 2.45) is 10.9 Å². The number of benzodiazepines with no additional fused rings is 1. The number of hydrogen-bond acceptors (Lipinski definition) is 3. The smallest absolute Gasteiger partial charge is 0.316 e. The Balaban J connectivity index is 1.96. The molecule has 1 atom stereocenters. The number of rotatable bonds is 6. The summed E-state index contributed by atoms with van der Waals surface area (Å²) < 4.78 is 14.6. The van der Waals surface area contributed by atoms with Crippen LogP contribution in [0.2, 0.25) is 0 Å². The summed E-state index contributed by atoms with van der Waals surface area (Å²) in [4.78, 5) is 31.4. The van der Waals surface area contributed by atoms with E-state index >= 15 is 0 Å². The summed E-state index contributed by atoms with van der Waals surface area (Å²) in [5, 5.41) is 5.46. The molecule has 0 aromatic heterocycles. The van der Waals surface area contributed by atoms with Crippen LogP contribution in [0.1, 0.15) is 37.8 Å². The van der Waals surface area contributed by atoms with E-state index in [4.69, 9.17) is 0 Å². The van der Waals surface area contributed by atoms with Crippen LogP contribution in [0.3, 0.4) is 0 Å². The monoisotopic (exact) mass is 410 g/mol. The number of urea groups is 1. The number of halogens is 1. The average molecular weight is 410 g/mol. The molecular weight excluding hydrogens is 383 g/mol. The van der Waals surface area contributed by atoms with Gasteiger partial charge in [0.15, 0.2) is 0 Å². The zero-order chi connectivity index (χ0) is 21.7. The number of likely N-dealkylation sites (N-methyl/N-ethyl adjacent to an activating group) is 1. The zero-order valence-corrected chi connectivity index (χ0v) is 17.5. The molecule has 7 heteroatoms. The molecule has 3 rings (SSSR count). The van der Waals surface area contributed by atoms with Crippen molar-refractivity contribution in [3.63, 3.8) is 0 Å². The van der Waals surface area contributed by atoms with Crippen LogP contribution in [0.4, 0.5) is 14.9 Å². The van der Waals surface area contributed by atoms with Crippen molar-refractivity contribution >= 4 is 23.3 Å². The van der Waals surface area contributed by atoms with Crippen molar-refractivity contribution in [2.45, 2.75) is 32.9 Å². The number of carbonyl (C=O) groups is 2. The van der Waals surface area contributed by atoms with Crippen LogP contribution in [0.5, 0.6) is 0 Å². The molecule has 0 saturated heterocycles. The third-order valence-electron chi connectivity index (χ3n) is 5.45. The van der Waals surface area contributed by atoms with Crippen LogP contribution in [0.25, 0.3) is 0 Å². The maximum Gasteiger partial charge on any atom is 0.316 e. The maximum atomic E-state index is 14.6. The van der Waals surface area contributed by atoms with E-state index in [9.17, 15) is 14.0 Å². The van der Waals surface area contributed by atoms with Crippen molar-refractivity contribution in [1.82, 2.24) is 10.6 Å². The lowest BCUT2D eigenvalue weighted by atomic mass is 10.00. The van der Waals surface area contributed by atoms with Crippen molar-refractivity contribution < 1.29 is 14.0 Å². The highest BCUT2D eigenvalue weighted by atomic mass is 19.1. The molecule has 2 N–H and O–H groups in total. The van der Waals surface area contributed by atoms with Crippen LogP contribution in [-0.2, 0) is 4.79 Å². The van der Waals surface area contributed by atoms with Gasteiger partial charge >= 0.3 is 6.03 Å². The number of carbonyl (C=O) groups excluding carboxylic acids is 2. The zero-order valence-electron chi connectivity index (χ0n) is 17.5. The number of para-hydroxylation sites is 1. The van der Waals surface area contributed by atoms with E-state index in [-0.39, 0.29) is 5.56 Å². The normalized spacial score (nSPS) is 16.0. The Kier molecular flexibility index (Phi) is 6.82. The summed E-state index contributed by atoms with van der Waals surface area (Å²) in [7, 11) is 1.62. The first-order valence-corrected chi connectivity index (χ1v) is 10.2. The van der Waals surface area contributed by atoms with Crippen molar-refractivity contribution in [3.8, 4) is 0 Å². The van der Waals surface area contributed by atoms with Crippen molar-refractivity contribution in [1.29, 1.82) is 0 Å². The fourth-order valence-corrected chi connectivity index (χ4v) is 3.47. The van der Waals surface area contributed by atoms with Gasteiger partial charge in [-0.15, -0.1) is 0 Å². The molecule has 2 aromatic carbocycles. The van der Waals surface area contributed by atoms with Gasteiger partial charge < -0.3 is 15.5 Å². The molecule has 2 aromatic rings. The van der Waals surface area contributed by atoms with E-state index in [0.717, 1.165) is 12.8 Å². The van der Waals surface area contributed by atoms with Crippen LogP contribution >= 0.6 is 0 Å². The Labute approximate surface area is 176 Å². The molecule has 1 heterocycles. The number of amides is 3. The van der Waals surface area contributed by atoms with Crippen molar-refractivity contribution in [3.05, 3.63) is 65.5 Å². The van der Waals surface area contributed by atoms with Crippen LogP contribution in [0.15, 0.2) is 53.5 Å². The molecule has 6 nitrogen and oxygen atoms in total. The van der Waals surface area contributed by atoms with Gasteiger partial charge in [0.2, 0.25) is 6.17 Å². The third-order valence-corrected chi connectivity index (χ3v) is 5.45. The van der Waals surface area contributed by atoms with Gasteiger partial charge in [-0.05, 0) is 24.1 Å². The first kappa shape index (κ1) is 21.5. The van der Waals surface area contributed by atoms with E-state index in [1.807, 2.05) is 6.07 Å². The lowest BCUT2D eigenvalue weighted by molar-refractivity contribution is -0.119. The Hall–Kier alpha value is -3.22. The highest BCUT2D eigenvalue weighted by Gasteiger charge is 2.31. The minimum absolute atomic E-state index is 0.275. The van der Waals surface area contributed by atoms with E-state index in [1.54, 1.807) is 43.4 Å². The quantitative estimate of drug-likeness (QED) is 0.762. The lowest BCUT2D eigenvalue weighted by Crippen LogP contribution is -2.50. The Bertz CT molecular complexity index is 956. The summed E-state index contributed by atoms with van der Waals surface area (Å²) in [6.45, 7) is 4.65. The molecule has 158 valence electrons. The topological polar surface area (TPSA) is 73.8 Å². The summed E-state index contributed by atoms with van der Waals surface area (Å²) in [5.41, 5.74) is 1.83. The number of anilines is 1. The van der Waals surface area contributed by atoms with Crippen LogP contribution in [-0.4, -0.2) is 37.4 Å². The molecule has 0 spiro atoms. The summed E-state index contributed by atoms with van der Waals surface area (Å²) in [6, 6.07) is 13.0. The van der Waals surface area contributed by atoms with E-state index in [0.29, 0.717) is 29.4 Å². The number of aliphatic imine (C=N–C) groups is 1. The van der Waals surface area contributed by atoms with Gasteiger partial charge in [0.25, 0.3) is 5.91 Å². The molecule has 0 fully saturated rings. The van der Waals surface area contributed by atoms with Crippen LogP contribution in [0, 0.1) is 11.7 Å². The summed E-state index contributed by atoms with van der Waals surface area (Å²) >= 11 is 0. The van der Waals surface area contributed by atoms with Gasteiger partial charge in [-0.1, -0.05) is 57.0 Å². The van der Waals surface area contributed by atoms with Gasteiger partial charge in [-0.25, -0.2) is 14.2 Å². The number of benzene rings is 2. The molecule has 0 radical (unpaired) electrons. The number of nitrogens with zero attached hydrogens (tertiary/aromatic N) is 2. The molecule has 30 heavy (non-hydrogen) atoms. The summed E-state index contributed by atoms with van der Waals surface area (Å²) in [6.07, 6.45) is 0.734. The van der Waals surface area contributed by atoms with E-state index in [2.05, 4.69) is 29.5 Å². The first-order chi connectivity index (χ1) is 14.5. The number of hydrogen-bond donors (Lipinski definition) is 2. The second-order valence-electron chi connectivity index (χ2n) is 7.31. The largest absolute Gasteiger partial charge is 0.338 e. The van der Waals surface area contributed by atoms with Gasteiger partial charge in [-0.2, -0.15) is 0 Å². The molecule has 0 aliphatic carbocycles. The number of fused-ring (bicyclic) bond motifs is 1. The molecule has 1 aliphatic heterocycles. The lowest BCUT2D eigenvalue weighted by Gasteiger charge is -2.21. The minimum Gasteiger partial charge on any atom is -0.338 e. The predicted molar refractivity (Wildman–Crippen MR) is 116 cm³/mol. The Morgan fingerprint density at radius 2 is 1.73 bits per heavy atom. The average Bonchev–Trinajstić information content (AvgIpc) is 2.86. The van der Waals surface area contributed by atoms with Crippen molar-refractivity contribution in [2.75, 3.05) is 18.5 Å². The second-order valence-corrected chi connectivity index (χ2v) is 7.31. The highest BCUT2D eigenvalue weighted by molar-refractivity contribution is 6.20. The standard InChI is InChI=1S/C23H27FN4O2/c1-4-15(5-2)14-25-23(30)27-21-22(29)28(3)19-13-9-7-11-17(19)20(26-21)16-10-6-8-12-18(16)24/h6-13,15,21H,4-5,14H2,1-3H3,(H2,25,27,30). The Morgan fingerprint density at radius 1 is 1.10 bits per heavy atom. The van der Waals surface area contributed by atoms with E-state index in [1.165, 1.54) is 11.0 Å². The maximum absolute atomic E-state index is 14.6. The highest BCUT2D eigenvalue weighted by Crippen LogP contribution is 2.27. The fraction of sp³-hybridized carbons (Fsp3) is 0.348. The van der Waals surface area contributed by atoms with Gasteiger partial charge in [0.05, 0.1) is 11.4 Å². The van der Waals surface area contributed by atoms with E-state index < -0.39 is 23.9 Å². The molecule has 3 amide bonds. The fourth-order valence-electron chi connectivity index (χ4n) is 3.47. The Morgan fingerprint density at radius 3 is 2.40 bits per heavy atom. The summed E-state index contributed by atoms with van der Waals surface area (Å²) in [5.74, 6) is -0.476. The van der Waals surface area contributed by atoms with Crippen LogP contribution < -0.4 is 15.5 Å².